The lowest BCUT2D eigenvalue weighted by Crippen LogP contribution is -2.04. The second-order valence-electron chi connectivity index (χ2n) is 4.04. The molecule has 3 N–H and O–H groups in total. The molecule has 0 atom stereocenters. The number of nitrogens with two attached hydrogens (primary N) is 1. The number of rotatable bonds is 3. The lowest BCUT2D eigenvalue weighted by atomic mass is 10.0. The molecule has 0 saturated carbocycles. The summed E-state index contributed by atoms with van der Waals surface area (Å²) in [6.07, 6.45) is 0.250. The summed E-state index contributed by atoms with van der Waals surface area (Å²) in [6, 6.07) is 11.3. The van der Waals surface area contributed by atoms with Gasteiger partial charge in [-0.25, -0.2) is 0 Å². The number of phenolic OH excluding ortho intramolecular Hbond substituents is 1. The van der Waals surface area contributed by atoms with E-state index in [1.807, 2.05) is 0 Å². The number of phenols is 1. The number of carbonyl (C=O) groups is 1. The molecule has 4 heteroatoms. The maximum absolute atomic E-state index is 12.0. The van der Waals surface area contributed by atoms with Crippen LogP contribution in [-0.2, 0) is 6.42 Å². The highest BCUT2D eigenvalue weighted by Crippen LogP contribution is 2.19. The Labute approximate surface area is 110 Å². The lowest BCUT2D eigenvalue weighted by molar-refractivity contribution is 0.0993. The lowest BCUT2D eigenvalue weighted by Gasteiger charge is -2.04. The molecule has 2 aromatic rings. The predicted octanol–water partition coefficient (Wildman–Crippen LogP) is 3.05. The van der Waals surface area contributed by atoms with Gasteiger partial charge in [0.15, 0.2) is 5.78 Å². The van der Waals surface area contributed by atoms with E-state index in [9.17, 15) is 4.79 Å². The van der Waals surface area contributed by atoms with Crippen LogP contribution < -0.4 is 5.73 Å². The summed E-state index contributed by atoms with van der Waals surface area (Å²) >= 11 is 5.85. The minimum atomic E-state index is -0.0603. The number of ketones is 1. The molecule has 0 fully saturated rings. The van der Waals surface area contributed by atoms with E-state index in [1.165, 1.54) is 0 Å². The zero-order valence-corrected chi connectivity index (χ0v) is 10.3. The Kier molecular flexibility index (Phi) is 3.53. The fraction of sp³-hybridized carbons (Fsp3) is 0.0714. The molecule has 0 aliphatic carbocycles. The molecular weight excluding hydrogens is 250 g/mol. The van der Waals surface area contributed by atoms with Crippen LogP contribution in [0.2, 0.25) is 5.02 Å². The number of Topliss-reactive ketones (excluding diaryl/α,β-unsaturated/α-hetero) is 1. The van der Waals surface area contributed by atoms with Gasteiger partial charge in [0.2, 0.25) is 0 Å². The Hall–Kier alpha value is -2.00. The summed E-state index contributed by atoms with van der Waals surface area (Å²) in [4.78, 5) is 12.0. The standard InChI is InChI=1S/C14H12ClNO2/c15-11-6-10(7-12(16)8-11)14(18)5-9-1-3-13(17)4-2-9/h1-4,6-8,17H,5,16H2. The van der Waals surface area contributed by atoms with Crippen molar-refractivity contribution in [2.24, 2.45) is 0 Å². The molecule has 92 valence electrons. The smallest absolute Gasteiger partial charge is 0.167 e. The molecule has 18 heavy (non-hydrogen) atoms. The highest BCUT2D eigenvalue weighted by molar-refractivity contribution is 6.31. The zero-order valence-electron chi connectivity index (χ0n) is 9.56. The average molecular weight is 262 g/mol. The number of aromatic hydroxyl groups is 1. The van der Waals surface area contributed by atoms with Gasteiger partial charge in [0.05, 0.1) is 0 Å². The first-order valence-corrected chi connectivity index (χ1v) is 5.79. The molecule has 3 nitrogen and oxygen atoms in total. The number of hydrogen-bond acceptors (Lipinski definition) is 3. The topological polar surface area (TPSA) is 63.3 Å². The van der Waals surface area contributed by atoms with Crippen molar-refractivity contribution in [3.8, 4) is 5.75 Å². The summed E-state index contributed by atoms with van der Waals surface area (Å²) in [7, 11) is 0. The average Bonchev–Trinajstić information content (AvgIpc) is 2.31. The number of anilines is 1. The van der Waals surface area contributed by atoms with Gasteiger partial charge in [-0.2, -0.15) is 0 Å². The van der Waals surface area contributed by atoms with Crippen LogP contribution in [0.1, 0.15) is 15.9 Å². The quantitative estimate of drug-likeness (QED) is 0.659. The maximum atomic E-state index is 12.0. The maximum Gasteiger partial charge on any atom is 0.167 e. The molecule has 0 aliphatic rings. The van der Waals surface area contributed by atoms with Crippen molar-refractivity contribution in [1.29, 1.82) is 0 Å². The van der Waals surface area contributed by atoms with Crippen LogP contribution in [0.5, 0.6) is 5.75 Å². The van der Waals surface area contributed by atoms with E-state index >= 15 is 0 Å². The molecule has 0 aliphatic heterocycles. The third kappa shape index (κ3) is 3.02. The van der Waals surface area contributed by atoms with Crippen molar-refractivity contribution in [2.45, 2.75) is 6.42 Å². The van der Waals surface area contributed by atoms with Crippen molar-refractivity contribution < 1.29 is 9.90 Å². The molecule has 0 spiro atoms. The summed E-state index contributed by atoms with van der Waals surface area (Å²) in [5.41, 5.74) is 7.43. The Morgan fingerprint density at radius 2 is 1.83 bits per heavy atom. The fourth-order valence-electron chi connectivity index (χ4n) is 1.67. The van der Waals surface area contributed by atoms with E-state index in [0.717, 1.165) is 5.56 Å². The van der Waals surface area contributed by atoms with Gasteiger partial charge in [-0.3, -0.25) is 4.79 Å². The van der Waals surface area contributed by atoms with E-state index in [2.05, 4.69) is 0 Å². The fourth-order valence-corrected chi connectivity index (χ4v) is 1.92. The molecule has 0 amide bonds. The number of halogens is 1. The van der Waals surface area contributed by atoms with Gasteiger partial charge < -0.3 is 10.8 Å². The normalized spacial score (nSPS) is 10.3. The van der Waals surface area contributed by atoms with Crippen LogP contribution in [0.25, 0.3) is 0 Å². The third-order valence-corrected chi connectivity index (χ3v) is 2.76. The molecular formula is C14H12ClNO2. The van der Waals surface area contributed by atoms with Crippen LogP contribution in [0, 0.1) is 0 Å². The number of nitrogen functional groups attached to an aromatic ring is 1. The summed E-state index contributed by atoms with van der Waals surface area (Å²) in [5.74, 6) is 0.119. The van der Waals surface area contributed by atoms with E-state index in [4.69, 9.17) is 22.4 Å². The number of benzene rings is 2. The molecule has 0 saturated heterocycles. The summed E-state index contributed by atoms with van der Waals surface area (Å²) in [5, 5.41) is 9.61. The van der Waals surface area contributed by atoms with E-state index < -0.39 is 0 Å². The highest BCUT2D eigenvalue weighted by Gasteiger charge is 2.08. The van der Waals surface area contributed by atoms with Gasteiger partial charge in [0.25, 0.3) is 0 Å². The van der Waals surface area contributed by atoms with Crippen molar-refractivity contribution in [3.63, 3.8) is 0 Å². The Morgan fingerprint density at radius 3 is 2.44 bits per heavy atom. The molecule has 0 bridgehead atoms. The van der Waals surface area contributed by atoms with Gasteiger partial charge >= 0.3 is 0 Å². The molecule has 0 heterocycles. The highest BCUT2D eigenvalue weighted by atomic mass is 35.5. The van der Waals surface area contributed by atoms with Gasteiger partial charge in [-0.05, 0) is 35.9 Å². The first-order chi connectivity index (χ1) is 8.54. The summed E-state index contributed by atoms with van der Waals surface area (Å²) in [6.45, 7) is 0. The summed E-state index contributed by atoms with van der Waals surface area (Å²) < 4.78 is 0. The molecule has 0 radical (unpaired) electrons. The minimum Gasteiger partial charge on any atom is -0.508 e. The molecule has 2 rings (SSSR count). The van der Waals surface area contributed by atoms with Crippen molar-refractivity contribution in [2.75, 3.05) is 5.73 Å². The molecule has 0 unspecified atom stereocenters. The van der Waals surface area contributed by atoms with Gasteiger partial charge in [-0.1, -0.05) is 23.7 Å². The minimum absolute atomic E-state index is 0.0603. The Morgan fingerprint density at radius 1 is 1.17 bits per heavy atom. The van der Waals surface area contributed by atoms with Crippen molar-refractivity contribution in [3.05, 3.63) is 58.6 Å². The molecule has 0 aromatic heterocycles. The van der Waals surface area contributed by atoms with Crippen LogP contribution in [0.3, 0.4) is 0 Å². The van der Waals surface area contributed by atoms with E-state index in [1.54, 1.807) is 42.5 Å². The van der Waals surface area contributed by atoms with E-state index in [0.29, 0.717) is 16.3 Å². The number of hydrogen-bond donors (Lipinski definition) is 2. The second kappa shape index (κ2) is 5.10. The van der Waals surface area contributed by atoms with Gasteiger partial charge in [0.1, 0.15) is 5.75 Å². The van der Waals surface area contributed by atoms with Gasteiger partial charge in [0, 0.05) is 22.7 Å². The van der Waals surface area contributed by atoms with Crippen molar-refractivity contribution in [1.82, 2.24) is 0 Å². The monoisotopic (exact) mass is 261 g/mol. The van der Waals surface area contributed by atoms with Gasteiger partial charge in [-0.15, -0.1) is 0 Å². The second-order valence-corrected chi connectivity index (χ2v) is 4.48. The van der Waals surface area contributed by atoms with Crippen LogP contribution in [0.15, 0.2) is 42.5 Å². The first-order valence-electron chi connectivity index (χ1n) is 5.42. The van der Waals surface area contributed by atoms with E-state index in [-0.39, 0.29) is 18.0 Å². The third-order valence-electron chi connectivity index (χ3n) is 2.54. The predicted molar refractivity (Wildman–Crippen MR) is 72.0 cm³/mol. The Balaban J connectivity index is 2.19. The van der Waals surface area contributed by atoms with Crippen LogP contribution in [0.4, 0.5) is 5.69 Å². The first kappa shape index (κ1) is 12.5. The van der Waals surface area contributed by atoms with Crippen LogP contribution in [-0.4, -0.2) is 10.9 Å². The molecule has 2 aromatic carbocycles. The number of carbonyl (C=O) groups excluding carboxylic acids is 1. The largest absolute Gasteiger partial charge is 0.508 e. The zero-order chi connectivity index (χ0) is 13.1. The Bertz CT molecular complexity index is 559. The van der Waals surface area contributed by atoms with Crippen molar-refractivity contribution >= 4 is 23.1 Å². The SMILES string of the molecule is Nc1cc(Cl)cc(C(=O)Cc2ccc(O)cc2)c1. The van der Waals surface area contributed by atoms with Crippen LogP contribution >= 0.6 is 11.6 Å².